The zero-order valence-electron chi connectivity index (χ0n) is 16.4. The second kappa shape index (κ2) is 10.0. The van der Waals surface area contributed by atoms with Crippen molar-refractivity contribution in [2.24, 2.45) is 5.92 Å². The predicted octanol–water partition coefficient (Wildman–Crippen LogP) is 3.44. The molecule has 1 aromatic carbocycles. The number of rotatable bonds is 9. The average Bonchev–Trinajstić information content (AvgIpc) is 3.15. The van der Waals surface area contributed by atoms with E-state index >= 15 is 0 Å². The highest BCUT2D eigenvalue weighted by atomic mass is 16.5. The molecule has 2 atom stereocenters. The highest BCUT2D eigenvalue weighted by molar-refractivity contribution is 5.77. The Morgan fingerprint density at radius 3 is 2.48 bits per heavy atom. The van der Waals surface area contributed by atoms with Crippen molar-refractivity contribution >= 4 is 12.0 Å². The second-order valence-corrected chi connectivity index (χ2v) is 6.84. The lowest BCUT2D eigenvalue weighted by molar-refractivity contribution is -0.141. The number of hydrogen-bond acceptors (Lipinski definition) is 4. The summed E-state index contributed by atoms with van der Waals surface area (Å²) in [5, 5.41) is 12.0. The van der Waals surface area contributed by atoms with Gasteiger partial charge in [-0.1, -0.05) is 19.9 Å². The highest BCUT2D eigenvalue weighted by Gasteiger charge is 2.31. The number of hydrogen-bond donors (Lipinski definition) is 2. The van der Waals surface area contributed by atoms with Crippen molar-refractivity contribution in [1.82, 2.24) is 10.2 Å². The minimum Gasteiger partial charge on any atom is -0.490 e. The summed E-state index contributed by atoms with van der Waals surface area (Å²) in [5.41, 5.74) is 0.910. The maximum Gasteiger partial charge on any atom is 0.317 e. The van der Waals surface area contributed by atoms with E-state index in [1.165, 1.54) is 0 Å². The predicted molar refractivity (Wildman–Crippen MR) is 102 cm³/mol. The number of nitrogens with zero attached hydrogens (tertiary/aromatic N) is 1. The van der Waals surface area contributed by atoms with E-state index in [-0.39, 0.29) is 18.6 Å². The molecule has 0 bridgehead atoms. The van der Waals surface area contributed by atoms with Gasteiger partial charge in [-0.2, -0.15) is 0 Å². The summed E-state index contributed by atoms with van der Waals surface area (Å²) in [6.45, 7) is 7.91. The number of nitrogens with one attached hydrogen (secondary N) is 1. The van der Waals surface area contributed by atoms with Crippen LogP contribution in [0.5, 0.6) is 11.5 Å². The van der Waals surface area contributed by atoms with Crippen LogP contribution in [-0.2, 0) is 4.79 Å². The molecule has 1 aliphatic heterocycles. The van der Waals surface area contributed by atoms with Gasteiger partial charge < -0.3 is 24.8 Å². The molecule has 7 nitrogen and oxygen atoms in total. The summed E-state index contributed by atoms with van der Waals surface area (Å²) in [6.07, 6.45) is 2.30. The topological polar surface area (TPSA) is 88.1 Å². The summed E-state index contributed by atoms with van der Waals surface area (Å²) in [5.74, 6) is 0.0567. The molecular formula is C20H30N2O5. The van der Waals surface area contributed by atoms with Gasteiger partial charge in [-0.15, -0.1) is 0 Å². The molecular weight excluding hydrogens is 348 g/mol. The number of carbonyl (C=O) groups excluding carboxylic acids is 1. The van der Waals surface area contributed by atoms with Gasteiger partial charge in [0.25, 0.3) is 0 Å². The molecule has 2 rings (SSSR count). The number of benzene rings is 1. The van der Waals surface area contributed by atoms with Gasteiger partial charge in [0.1, 0.15) is 0 Å². The Kier molecular flexibility index (Phi) is 7.76. The van der Waals surface area contributed by atoms with Crippen molar-refractivity contribution in [3.8, 4) is 11.5 Å². The Labute approximate surface area is 160 Å². The van der Waals surface area contributed by atoms with Crippen LogP contribution in [0.2, 0.25) is 0 Å². The van der Waals surface area contributed by atoms with Crippen molar-refractivity contribution in [2.75, 3.05) is 26.3 Å². The maximum absolute atomic E-state index is 12.4. The molecule has 0 aromatic heterocycles. The van der Waals surface area contributed by atoms with Crippen LogP contribution in [0.3, 0.4) is 0 Å². The zero-order valence-corrected chi connectivity index (χ0v) is 16.4. The number of carbonyl (C=O) groups is 2. The van der Waals surface area contributed by atoms with E-state index in [9.17, 15) is 9.59 Å². The van der Waals surface area contributed by atoms with E-state index in [1.54, 1.807) is 4.90 Å². The summed E-state index contributed by atoms with van der Waals surface area (Å²) in [6, 6.07) is 5.21. The first kappa shape index (κ1) is 20.9. The number of amides is 2. The van der Waals surface area contributed by atoms with E-state index in [2.05, 4.69) is 5.32 Å². The van der Waals surface area contributed by atoms with Crippen LogP contribution < -0.4 is 14.8 Å². The molecule has 0 saturated carbocycles. The second-order valence-electron chi connectivity index (χ2n) is 6.84. The number of likely N-dealkylation sites (tertiary alicyclic amines) is 1. The van der Waals surface area contributed by atoms with Gasteiger partial charge >= 0.3 is 12.0 Å². The summed E-state index contributed by atoms with van der Waals surface area (Å²) < 4.78 is 11.5. The van der Waals surface area contributed by atoms with E-state index in [1.807, 2.05) is 39.0 Å². The molecule has 1 aliphatic rings. The van der Waals surface area contributed by atoms with E-state index in [0.717, 1.165) is 18.4 Å². The molecule has 0 spiro atoms. The molecule has 1 heterocycles. The molecule has 7 heteroatoms. The first-order valence-electron chi connectivity index (χ1n) is 9.64. The van der Waals surface area contributed by atoms with Crippen LogP contribution in [-0.4, -0.2) is 48.3 Å². The summed E-state index contributed by atoms with van der Waals surface area (Å²) >= 11 is 0. The fourth-order valence-corrected chi connectivity index (χ4v) is 2.96. The maximum atomic E-state index is 12.4. The van der Waals surface area contributed by atoms with E-state index in [4.69, 9.17) is 14.6 Å². The van der Waals surface area contributed by atoms with Crippen molar-refractivity contribution < 1.29 is 24.2 Å². The number of carboxylic acids is 1. The third kappa shape index (κ3) is 5.77. The SMILES string of the molecule is CCCOc1ccc(C(C)NC(=O)N2CCC(C(=O)O)C2)cc1OCCC. The smallest absolute Gasteiger partial charge is 0.317 e. The Bertz CT molecular complexity index is 649. The van der Waals surface area contributed by atoms with Crippen LogP contribution in [0.1, 0.15) is 51.6 Å². The number of carboxylic acid groups (broad SMARTS) is 1. The minimum absolute atomic E-state index is 0.231. The Hall–Kier alpha value is -2.44. The Balaban J connectivity index is 2.03. The van der Waals surface area contributed by atoms with Gasteiger partial charge in [0, 0.05) is 13.1 Å². The third-order valence-electron chi connectivity index (χ3n) is 4.56. The molecule has 2 unspecified atom stereocenters. The number of ether oxygens (including phenoxy) is 2. The third-order valence-corrected chi connectivity index (χ3v) is 4.56. The molecule has 1 fully saturated rings. The normalized spacial score (nSPS) is 17.4. The van der Waals surface area contributed by atoms with Crippen LogP contribution in [0, 0.1) is 5.92 Å². The molecule has 2 amide bonds. The molecule has 27 heavy (non-hydrogen) atoms. The van der Waals surface area contributed by atoms with Crippen molar-refractivity contribution in [3.63, 3.8) is 0 Å². The largest absolute Gasteiger partial charge is 0.490 e. The van der Waals surface area contributed by atoms with Gasteiger partial charge in [0.15, 0.2) is 11.5 Å². The average molecular weight is 378 g/mol. The Morgan fingerprint density at radius 2 is 1.89 bits per heavy atom. The van der Waals surface area contributed by atoms with Crippen LogP contribution in [0.4, 0.5) is 4.79 Å². The van der Waals surface area contributed by atoms with Gasteiger partial charge in [-0.3, -0.25) is 4.79 Å². The van der Waals surface area contributed by atoms with Crippen LogP contribution in [0.15, 0.2) is 18.2 Å². The van der Waals surface area contributed by atoms with Gasteiger partial charge in [0.05, 0.1) is 25.2 Å². The fourth-order valence-electron chi connectivity index (χ4n) is 2.96. The zero-order chi connectivity index (χ0) is 19.8. The standard InChI is InChI=1S/C20H30N2O5/c1-4-10-26-17-7-6-15(12-18(17)27-11-5-2)14(3)21-20(25)22-9-8-16(13-22)19(23)24/h6-7,12,14,16H,4-5,8-11,13H2,1-3H3,(H,21,25)(H,23,24). The van der Waals surface area contributed by atoms with E-state index < -0.39 is 11.9 Å². The molecule has 0 aliphatic carbocycles. The van der Waals surface area contributed by atoms with Crippen LogP contribution in [0.25, 0.3) is 0 Å². The lowest BCUT2D eigenvalue weighted by atomic mass is 10.1. The fraction of sp³-hybridized carbons (Fsp3) is 0.600. The Morgan fingerprint density at radius 1 is 1.22 bits per heavy atom. The van der Waals surface area contributed by atoms with Crippen molar-refractivity contribution in [3.05, 3.63) is 23.8 Å². The lowest BCUT2D eigenvalue weighted by Gasteiger charge is -2.22. The highest BCUT2D eigenvalue weighted by Crippen LogP contribution is 2.31. The first-order valence-corrected chi connectivity index (χ1v) is 9.64. The molecule has 1 saturated heterocycles. The van der Waals surface area contributed by atoms with Gasteiger partial charge in [-0.25, -0.2) is 4.79 Å². The molecule has 1 aromatic rings. The van der Waals surface area contributed by atoms with Gasteiger partial charge in [0.2, 0.25) is 0 Å². The summed E-state index contributed by atoms with van der Waals surface area (Å²) in [4.78, 5) is 25.0. The van der Waals surface area contributed by atoms with Crippen molar-refractivity contribution in [1.29, 1.82) is 0 Å². The van der Waals surface area contributed by atoms with Crippen molar-refractivity contribution in [2.45, 2.75) is 46.1 Å². The van der Waals surface area contributed by atoms with Crippen LogP contribution >= 0.6 is 0 Å². The molecule has 150 valence electrons. The van der Waals surface area contributed by atoms with E-state index in [0.29, 0.717) is 37.7 Å². The van der Waals surface area contributed by atoms with Gasteiger partial charge in [-0.05, 0) is 43.9 Å². The number of aliphatic carboxylic acids is 1. The monoisotopic (exact) mass is 378 g/mol. The molecule has 2 N–H and O–H groups in total. The molecule has 0 radical (unpaired) electrons. The summed E-state index contributed by atoms with van der Waals surface area (Å²) in [7, 11) is 0. The number of urea groups is 1. The quantitative estimate of drug-likeness (QED) is 0.687. The first-order chi connectivity index (χ1) is 13.0. The minimum atomic E-state index is -0.848. The lowest BCUT2D eigenvalue weighted by Crippen LogP contribution is -2.40.